The highest BCUT2D eigenvalue weighted by Gasteiger charge is 2.31. The molecule has 32 heavy (non-hydrogen) atoms. The zero-order valence-electron chi connectivity index (χ0n) is 17.6. The zero-order chi connectivity index (χ0) is 22.8. The van der Waals surface area contributed by atoms with Crippen LogP contribution in [0.4, 0.5) is 0 Å². The first-order valence-electron chi connectivity index (χ1n) is 9.69. The van der Waals surface area contributed by atoms with Crippen LogP contribution < -0.4 is 18.9 Å². The minimum Gasteiger partial charge on any atom is -0.496 e. The maximum Gasteiger partial charge on any atom is 0.351 e. The number of hydrogen-bond acceptors (Lipinski definition) is 6. The number of esters is 1. The summed E-state index contributed by atoms with van der Waals surface area (Å²) in [4.78, 5) is 25.7. The predicted octanol–water partition coefficient (Wildman–Crippen LogP) is 5.50. The molecule has 0 unspecified atom stereocenters. The molecular weight excluding hydrogens is 432 g/mol. The van der Waals surface area contributed by atoms with E-state index in [0.717, 1.165) is 5.56 Å². The van der Waals surface area contributed by atoms with Crippen LogP contribution in [0.1, 0.15) is 31.8 Å². The number of allylic oxidation sites excluding steroid dienone is 1. The highest BCUT2D eigenvalue weighted by Crippen LogP contribution is 2.38. The van der Waals surface area contributed by atoms with Gasteiger partial charge in [0.25, 0.3) is 0 Å². The Bertz CT molecular complexity index is 1240. The molecule has 1 heterocycles. The Morgan fingerprint density at radius 3 is 2.34 bits per heavy atom. The molecule has 0 aliphatic carbocycles. The molecule has 0 saturated heterocycles. The highest BCUT2D eigenvalue weighted by atomic mass is 35.5. The van der Waals surface area contributed by atoms with E-state index in [9.17, 15) is 9.59 Å². The Morgan fingerprint density at radius 2 is 1.69 bits per heavy atom. The van der Waals surface area contributed by atoms with Crippen molar-refractivity contribution in [2.24, 2.45) is 0 Å². The van der Waals surface area contributed by atoms with Gasteiger partial charge < -0.3 is 18.9 Å². The van der Waals surface area contributed by atoms with Crippen LogP contribution in [0.2, 0.25) is 5.02 Å². The first-order valence-corrected chi connectivity index (χ1v) is 10.1. The van der Waals surface area contributed by atoms with Gasteiger partial charge in [-0.15, -0.1) is 0 Å². The molecule has 0 fully saturated rings. The minimum absolute atomic E-state index is 0.161. The molecule has 7 heteroatoms. The van der Waals surface area contributed by atoms with Crippen molar-refractivity contribution < 1.29 is 28.5 Å². The third-order valence-corrected chi connectivity index (χ3v) is 5.17. The monoisotopic (exact) mass is 450 g/mol. The van der Waals surface area contributed by atoms with Crippen LogP contribution in [0, 0.1) is 6.92 Å². The number of methoxy groups -OCH3 is 2. The van der Waals surface area contributed by atoms with Crippen molar-refractivity contribution >= 4 is 29.4 Å². The lowest BCUT2D eigenvalue weighted by atomic mass is 10.0. The quantitative estimate of drug-likeness (QED) is 0.290. The maximum atomic E-state index is 12.9. The summed E-state index contributed by atoms with van der Waals surface area (Å²) >= 11 is 6.02. The fourth-order valence-corrected chi connectivity index (χ4v) is 3.69. The predicted molar refractivity (Wildman–Crippen MR) is 120 cm³/mol. The molecular formula is C25H19ClO6. The van der Waals surface area contributed by atoms with Crippen molar-refractivity contribution in [3.8, 4) is 23.0 Å². The van der Waals surface area contributed by atoms with E-state index in [4.69, 9.17) is 30.5 Å². The number of fused-ring (bicyclic) bond motifs is 1. The minimum atomic E-state index is -0.655. The van der Waals surface area contributed by atoms with Crippen LogP contribution in [0.15, 0.2) is 60.4 Å². The Kier molecular flexibility index (Phi) is 5.88. The number of Topliss-reactive ketones (excluding diaryl/α,β-unsaturated/α-hetero) is 1. The maximum absolute atomic E-state index is 12.9. The molecule has 0 atom stereocenters. The van der Waals surface area contributed by atoms with Gasteiger partial charge in [0.15, 0.2) is 5.76 Å². The molecule has 0 N–H and O–H groups in total. The largest absolute Gasteiger partial charge is 0.496 e. The van der Waals surface area contributed by atoms with E-state index in [1.54, 1.807) is 55.5 Å². The first-order chi connectivity index (χ1) is 15.4. The Labute approximate surface area is 189 Å². The van der Waals surface area contributed by atoms with Gasteiger partial charge in [-0.3, -0.25) is 4.79 Å². The Balaban J connectivity index is 1.64. The third kappa shape index (κ3) is 4.05. The van der Waals surface area contributed by atoms with Crippen molar-refractivity contribution in [1.82, 2.24) is 0 Å². The summed E-state index contributed by atoms with van der Waals surface area (Å²) in [6.07, 6.45) is 1.62. The van der Waals surface area contributed by atoms with Crippen LogP contribution in [0.25, 0.3) is 6.08 Å². The number of aryl methyl sites for hydroxylation is 1. The van der Waals surface area contributed by atoms with E-state index < -0.39 is 5.97 Å². The topological polar surface area (TPSA) is 71.1 Å². The van der Waals surface area contributed by atoms with E-state index in [-0.39, 0.29) is 22.9 Å². The van der Waals surface area contributed by atoms with Gasteiger partial charge >= 0.3 is 5.97 Å². The number of benzene rings is 3. The molecule has 6 nitrogen and oxygen atoms in total. The summed E-state index contributed by atoms with van der Waals surface area (Å²) in [7, 11) is 2.91. The van der Waals surface area contributed by atoms with Gasteiger partial charge in [0.1, 0.15) is 28.6 Å². The summed E-state index contributed by atoms with van der Waals surface area (Å²) in [5, 5.41) is 0.555. The lowest BCUT2D eigenvalue weighted by Gasteiger charge is -2.13. The fourth-order valence-electron chi connectivity index (χ4n) is 3.49. The number of rotatable bonds is 5. The summed E-state index contributed by atoms with van der Waals surface area (Å²) in [5.41, 5.74) is 1.94. The van der Waals surface area contributed by atoms with Gasteiger partial charge in [-0.1, -0.05) is 29.8 Å². The van der Waals surface area contributed by atoms with Gasteiger partial charge in [0.2, 0.25) is 5.78 Å². The molecule has 0 saturated carbocycles. The highest BCUT2D eigenvalue weighted by molar-refractivity contribution is 6.30. The summed E-state index contributed by atoms with van der Waals surface area (Å²) in [5.74, 6) is 0.463. The lowest BCUT2D eigenvalue weighted by Crippen LogP contribution is -2.12. The smallest absolute Gasteiger partial charge is 0.351 e. The molecule has 0 amide bonds. The van der Waals surface area contributed by atoms with Crippen molar-refractivity contribution in [2.45, 2.75) is 6.92 Å². The number of ketones is 1. The molecule has 4 rings (SSSR count). The van der Waals surface area contributed by atoms with E-state index in [1.165, 1.54) is 20.3 Å². The second kappa shape index (κ2) is 8.77. The van der Waals surface area contributed by atoms with E-state index in [1.807, 2.05) is 6.07 Å². The van der Waals surface area contributed by atoms with Gasteiger partial charge in [-0.05, 0) is 54.5 Å². The van der Waals surface area contributed by atoms with Gasteiger partial charge in [0.05, 0.1) is 19.8 Å². The van der Waals surface area contributed by atoms with Crippen molar-refractivity contribution in [3.63, 3.8) is 0 Å². The SMILES string of the molecule is COc1cccc(OC)c1C(=O)Oc1cc(C)c2c(c1)O/C(=C\c1cccc(Cl)c1)C2=O. The molecule has 162 valence electrons. The second-order valence-corrected chi connectivity index (χ2v) is 7.47. The van der Waals surface area contributed by atoms with Crippen LogP contribution >= 0.6 is 11.6 Å². The molecule has 3 aromatic rings. The number of halogens is 1. The zero-order valence-corrected chi connectivity index (χ0v) is 18.4. The molecule has 0 bridgehead atoms. The van der Waals surface area contributed by atoms with Gasteiger partial charge in [-0.25, -0.2) is 4.79 Å². The average molecular weight is 451 g/mol. The molecule has 0 spiro atoms. The Hall–Kier alpha value is -3.77. The van der Waals surface area contributed by atoms with Crippen LogP contribution in [-0.4, -0.2) is 26.0 Å². The van der Waals surface area contributed by atoms with Gasteiger partial charge in [-0.2, -0.15) is 0 Å². The molecule has 0 radical (unpaired) electrons. The van der Waals surface area contributed by atoms with E-state index >= 15 is 0 Å². The Morgan fingerprint density at radius 1 is 1.00 bits per heavy atom. The average Bonchev–Trinajstić information content (AvgIpc) is 3.08. The molecule has 3 aromatic carbocycles. The van der Waals surface area contributed by atoms with Crippen LogP contribution in [0.5, 0.6) is 23.0 Å². The van der Waals surface area contributed by atoms with E-state index in [0.29, 0.717) is 33.4 Å². The lowest BCUT2D eigenvalue weighted by molar-refractivity contribution is 0.0727. The van der Waals surface area contributed by atoms with Crippen molar-refractivity contribution in [3.05, 3.63) is 87.6 Å². The number of hydrogen-bond donors (Lipinski definition) is 0. The number of carbonyl (C=O) groups is 2. The molecule has 1 aliphatic rings. The standard InChI is InChI=1S/C25H19ClO6/c1-14-10-17(31-25(28)23-18(29-2)8-5-9-19(23)30-3)13-20-22(14)24(27)21(32-20)12-15-6-4-7-16(26)11-15/h4-13H,1-3H3/b21-12-. The van der Waals surface area contributed by atoms with Gasteiger partial charge in [0, 0.05) is 11.1 Å². The summed E-state index contributed by atoms with van der Waals surface area (Å²) in [6.45, 7) is 1.75. The van der Waals surface area contributed by atoms with Crippen LogP contribution in [0.3, 0.4) is 0 Å². The first kappa shape index (κ1) is 21.5. The molecule has 0 aromatic heterocycles. The van der Waals surface area contributed by atoms with Crippen molar-refractivity contribution in [1.29, 1.82) is 0 Å². The normalized spacial score (nSPS) is 13.5. The third-order valence-electron chi connectivity index (χ3n) is 4.93. The molecule has 1 aliphatic heterocycles. The summed E-state index contributed by atoms with van der Waals surface area (Å²) in [6, 6.07) is 15.2. The second-order valence-electron chi connectivity index (χ2n) is 7.04. The fraction of sp³-hybridized carbons (Fsp3) is 0.120. The van der Waals surface area contributed by atoms with Crippen LogP contribution in [-0.2, 0) is 0 Å². The summed E-state index contributed by atoms with van der Waals surface area (Å²) < 4.78 is 21.9. The number of ether oxygens (including phenoxy) is 4. The van der Waals surface area contributed by atoms with Crippen molar-refractivity contribution in [2.75, 3.05) is 14.2 Å². The van der Waals surface area contributed by atoms with E-state index in [2.05, 4.69) is 0 Å². The number of carbonyl (C=O) groups excluding carboxylic acids is 2.